The van der Waals surface area contributed by atoms with E-state index in [1.54, 1.807) is 24.3 Å². The SMILES string of the molecule is CCCCN(CCCC)CCC[C@@H](O)c1ccc(NS(C)(=O)=O)cc1.O=C(O)/C=C/C(=O)O. The normalized spacial score (nSPS) is 12.3. The first kappa shape index (κ1) is 30.6. The Morgan fingerprint density at radius 2 is 1.39 bits per heavy atom. The van der Waals surface area contributed by atoms with Crippen LogP contribution in [0.2, 0.25) is 0 Å². The Bertz CT molecular complexity index is 800. The molecular formula is C23H38N2O7S. The Labute approximate surface area is 197 Å². The van der Waals surface area contributed by atoms with Gasteiger partial charge in [-0.15, -0.1) is 0 Å². The van der Waals surface area contributed by atoms with E-state index in [1.165, 1.54) is 25.7 Å². The smallest absolute Gasteiger partial charge is 0.328 e. The number of aliphatic hydroxyl groups excluding tert-OH is 1. The quantitative estimate of drug-likeness (QED) is 0.276. The van der Waals surface area contributed by atoms with Crippen molar-refractivity contribution in [2.24, 2.45) is 0 Å². The summed E-state index contributed by atoms with van der Waals surface area (Å²) in [6.07, 6.45) is 8.27. The summed E-state index contributed by atoms with van der Waals surface area (Å²) in [5.41, 5.74) is 1.34. The number of benzene rings is 1. The zero-order valence-electron chi connectivity index (χ0n) is 19.7. The molecule has 0 aliphatic carbocycles. The molecule has 1 rings (SSSR count). The molecule has 0 saturated heterocycles. The zero-order valence-corrected chi connectivity index (χ0v) is 20.6. The van der Waals surface area contributed by atoms with Crippen molar-refractivity contribution in [3.8, 4) is 0 Å². The third kappa shape index (κ3) is 17.8. The van der Waals surface area contributed by atoms with Crippen LogP contribution < -0.4 is 4.72 Å². The fourth-order valence-corrected chi connectivity index (χ4v) is 3.47. The number of aliphatic hydroxyl groups is 1. The summed E-state index contributed by atoms with van der Waals surface area (Å²) in [7, 11) is -3.27. The van der Waals surface area contributed by atoms with Crippen LogP contribution in [0.3, 0.4) is 0 Å². The van der Waals surface area contributed by atoms with Gasteiger partial charge < -0.3 is 20.2 Å². The van der Waals surface area contributed by atoms with E-state index < -0.39 is 28.1 Å². The van der Waals surface area contributed by atoms with E-state index in [0.717, 1.165) is 37.9 Å². The summed E-state index contributed by atoms with van der Waals surface area (Å²) >= 11 is 0. The Kier molecular flexibility index (Phi) is 15.8. The summed E-state index contributed by atoms with van der Waals surface area (Å²) in [5.74, 6) is -2.51. The van der Waals surface area contributed by atoms with Crippen molar-refractivity contribution >= 4 is 27.6 Å². The molecule has 0 spiro atoms. The van der Waals surface area contributed by atoms with Gasteiger partial charge in [0.15, 0.2) is 0 Å². The van der Waals surface area contributed by atoms with E-state index >= 15 is 0 Å². The van der Waals surface area contributed by atoms with E-state index in [-0.39, 0.29) is 0 Å². The number of carboxylic acids is 2. The first-order chi connectivity index (χ1) is 15.5. The topological polar surface area (TPSA) is 144 Å². The molecule has 0 aliphatic heterocycles. The Morgan fingerprint density at radius 1 is 0.939 bits per heavy atom. The number of carbonyl (C=O) groups is 2. The van der Waals surface area contributed by atoms with E-state index in [1.807, 2.05) is 0 Å². The minimum absolute atomic E-state index is 0.508. The third-order valence-electron chi connectivity index (χ3n) is 4.57. The van der Waals surface area contributed by atoms with E-state index in [0.29, 0.717) is 24.3 Å². The lowest BCUT2D eigenvalue weighted by atomic mass is 10.0. The molecule has 4 N–H and O–H groups in total. The molecule has 1 aromatic carbocycles. The average molecular weight is 487 g/mol. The Morgan fingerprint density at radius 3 is 1.79 bits per heavy atom. The maximum atomic E-state index is 11.2. The lowest BCUT2D eigenvalue weighted by Crippen LogP contribution is -2.27. The molecule has 0 aliphatic rings. The highest BCUT2D eigenvalue weighted by molar-refractivity contribution is 7.92. The van der Waals surface area contributed by atoms with Crippen molar-refractivity contribution in [3.05, 3.63) is 42.0 Å². The molecule has 0 heterocycles. The van der Waals surface area contributed by atoms with Gasteiger partial charge in [-0.2, -0.15) is 0 Å². The number of rotatable bonds is 15. The van der Waals surface area contributed by atoms with Gasteiger partial charge in [-0.05, 0) is 63.0 Å². The number of aliphatic carboxylic acids is 2. The molecular weight excluding hydrogens is 448 g/mol. The number of sulfonamides is 1. The molecule has 0 bridgehead atoms. The zero-order chi connectivity index (χ0) is 25.3. The highest BCUT2D eigenvalue weighted by Gasteiger charge is 2.10. The molecule has 1 aromatic rings. The molecule has 0 amide bonds. The number of nitrogens with one attached hydrogen (secondary N) is 1. The monoisotopic (exact) mass is 486 g/mol. The number of hydrogen-bond donors (Lipinski definition) is 4. The van der Waals surface area contributed by atoms with Crippen LogP contribution in [0.15, 0.2) is 36.4 Å². The van der Waals surface area contributed by atoms with Crippen molar-refractivity contribution in [1.29, 1.82) is 0 Å². The van der Waals surface area contributed by atoms with Gasteiger partial charge in [-0.1, -0.05) is 38.8 Å². The number of unbranched alkanes of at least 4 members (excludes halogenated alkanes) is 2. The minimum atomic E-state index is -3.27. The van der Waals surface area contributed by atoms with E-state index in [4.69, 9.17) is 10.2 Å². The van der Waals surface area contributed by atoms with Crippen LogP contribution in [0.1, 0.15) is 64.0 Å². The Hall–Kier alpha value is -2.43. The van der Waals surface area contributed by atoms with Crippen LogP contribution in [0.5, 0.6) is 0 Å². The van der Waals surface area contributed by atoms with Crippen LogP contribution in [0, 0.1) is 0 Å². The largest absolute Gasteiger partial charge is 0.478 e. The number of carboxylic acid groups (broad SMARTS) is 2. The second-order valence-corrected chi connectivity index (χ2v) is 9.46. The van der Waals surface area contributed by atoms with Crippen molar-refractivity contribution in [1.82, 2.24) is 4.90 Å². The van der Waals surface area contributed by atoms with Crippen LogP contribution in [-0.4, -0.2) is 66.5 Å². The van der Waals surface area contributed by atoms with Gasteiger partial charge in [0.25, 0.3) is 0 Å². The number of hydrogen-bond acceptors (Lipinski definition) is 6. The Balaban J connectivity index is 0.00000109. The highest BCUT2D eigenvalue weighted by Crippen LogP contribution is 2.21. The van der Waals surface area contributed by atoms with Gasteiger partial charge in [0.1, 0.15) is 0 Å². The number of anilines is 1. The summed E-state index contributed by atoms with van der Waals surface area (Å²) in [5, 5.41) is 26.0. The second-order valence-electron chi connectivity index (χ2n) is 7.71. The van der Waals surface area contributed by atoms with Crippen LogP contribution in [0.25, 0.3) is 0 Å². The maximum Gasteiger partial charge on any atom is 0.328 e. The minimum Gasteiger partial charge on any atom is -0.478 e. The molecule has 33 heavy (non-hydrogen) atoms. The van der Waals surface area contributed by atoms with Gasteiger partial charge in [0.2, 0.25) is 10.0 Å². The lowest BCUT2D eigenvalue weighted by molar-refractivity contribution is -0.134. The van der Waals surface area contributed by atoms with Crippen LogP contribution in [-0.2, 0) is 19.6 Å². The molecule has 10 heteroatoms. The number of nitrogens with zero attached hydrogens (tertiary/aromatic N) is 1. The van der Waals surface area contributed by atoms with Crippen molar-refractivity contribution in [2.75, 3.05) is 30.6 Å². The molecule has 188 valence electrons. The predicted molar refractivity (Wildman–Crippen MR) is 130 cm³/mol. The summed E-state index contributed by atoms with van der Waals surface area (Å²) < 4.78 is 24.8. The molecule has 9 nitrogen and oxygen atoms in total. The van der Waals surface area contributed by atoms with Crippen molar-refractivity contribution in [2.45, 2.75) is 58.5 Å². The third-order valence-corrected chi connectivity index (χ3v) is 5.18. The van der Waals surface area contributed by atoms with Crippen LogP contribution >= 0.6 is 0 Å². The van der Waals surface area contributed by atoms with Gasteiger partial charge >= 0.3 is 11.9 Å². The average Bonchev–Trinajstić information content (AvgIpc) is 2.73. The van der Waals surface area contributed by atoms with E-state index in [2.05, 4.69) is 23.5 Å². The molecule has 1 atom stereocenters. The molecule has 0 unspecified atom stereocenters. The first-order valence-corrected chi connectivity index (χ1v) is 13.0. The van der Waals surface area contributed by atoms with Gasteiger partial charge in [-0.3, -0.25) is 4.72 Å². The fraction of sp³-hybridized carbons (Fsp3) is 0.565. The van der Waals surface area contributed by atoms with Gasteiger partial charge in [0.05, 0.1) is 12.4 Å². The van der Waals surface area contributed by atoms with Crippen molar-refractivity contribution in [3.63, 3.8) is 0 Å². The molecule has 0 aromatic heterocycles. The van der Waals surface area contributed by atoms with Gasteiger partial charge in [0, 0.05) is 17.8 Å². The standard InChI is InChI=1S/C19H34N2O3S.C4H4O4/c1-4-6-14-21(15-7-5-2)16-8-9-19(22)17-10-12-18(13-11-17)20-25(3,23)24;5-3(6)1-2-4(7)8/h10-13,19-20,22H,4-9,14-16H2,1-3H3;1-2H,(H,5,6)(H,7,8)/b;2-1+/t19-;/m1./s1. The molecule has 0 saturated carbocycles. The lowest BCUT2D eigenvalue weighted by Gasteiger charge is -2.22. The highest BCUT2D eigenvalue weighted by atomic mass is 32.2. The fourth-order valence-electron chi connectivity index (χ4n) is 2.90. The summed E-state index contributed by atoms with van der Waals surface area (Å²) in [4.78, 5) is 21.6. The first-order valence-electron chi connectivity index (χ1n) is 11.1. The van der Waals surface area contributed by atoms with Crippen molar-refractivity contribution < 1.29 is 33.3 Å². The molecule has 0 radical (unpaired) electrons. The second kappa shape index (κ2) is 17.1. The predicted octanol–water partition coefficient (Wildman–Crippen LogP) is 3.49. The van der Waals surface area contributed by atoms with E-state index in [9.17, 15) is 23.1 Å². The molecule has 0 fully saturated rings. The summed E-state index contributed by atoms with van der Waals surface area (Å²) in [6, 6.07) is 6.94. The summed E-state index contributed by atoms with van der Waals surface area (Å²) in [6.45, 7) is 7.72. The maximum absolute atomic E-state index is 11.2. The van der Waals surface area contributed by atoms with Crippen LogP contribution in [0.4, 0.5) is 5.69 Å². The van der Waals surface area contributed by atoms with Gasteiger partial charge in [-0.25, -0.2) is 18.0 Å².